The first-order valence-electron chi connectivity index (χ1n) is 6.37. The average Bonchev–Trinajstić information content (AvgIpc) is 2.70. The van der Waals surface area contributed by atoms with Gasteiger partial charge in [-0.15, -0.1) is 0 Å². The molecule has 19 heavy (non-hydrogen) atoms. The number of likely N-dealkylation sites (tertiary alicyclic amines) is 1. The van der Waals surface area contributed by atoms with Gasteiger partial charge in [0.2, 0.25) is 10.0 Å². The van der Waals surface area contributed by atoms with E-state index in [9.17, 15) is 8.42 Å². The van der Waals surface area contributed by atoms with Gasteiger partial charge in [-0.3, -0.25) is 0 Å². The van der Waals surface area contributed by atoms with Crippen molar-refractivity contribution in [1.82, 2.24) is 9.62 Å². The molecule has 0 aliphatic carbocycles. The van der Waals surface area contributed by atoms with Gasteiger partial charge in [0.15, 0.2) is 0 Å². The Hall–Kier alpha value is -1.11. The first-order valence-corrected chi connectivity index (χ1v) is 7.85. The standard InChI is InChI=1S/C13H21N3O2S/c1-9-6-12(7-13(14)10(9)2)19(17,18)15-11-4-5-16(3)8-11/h6-7,11,15H,4-5,8,14H2,1-3H3. The van der Waals surface area contributed by atoms with Crippen LogP contribution in [0.2, 0.25) is 0 Å². The van der Waals surface area contributed by atoms with Gasteiger partial charge in [-0.05, 0) is 57.1 Å². The van der Waals surface area contributed by atoms with E-state index in [1.807, 2.05) is 20.9 Å². The second-order valence-corrected chi connectivity index (χ2v) is 7.04. The Morgan fingerprint density at radius 1 is 1.37 bits per heavy atom. The van der Waals surface area contributed by atoms with Gasteiger partial charge in [0.05, 0.1) is 4.90 Å². The maximum Gasteiger partial charge on any atom is 0.240 e. The molecular formula is C13H21N3O2S. The number of nitrogens with zero attached hydrogens (tertiary/aromatic N) is 1. The second-order valence-electron chi connectivity index (χ2n) is 5.32. The lowest BCUT2D eigenvalue weighted by Crippen LogP contribution is -2.36. The first kappa shape index (κ1) is 14.3. The molecule has 0 radical (unpaired) electrons. The fraction of sp³-hybridized carbons (Fsp3) is 0.538. The zero-order chi connectivity index (χ0) is 14.2. The van der Waals surface area contributed by atoms with Crippen LogP contribution < -0.4 is 10.5 Å². The molecule has 1 unspecified atom stereocenters. The van der Waals surface area contributed by atoms with Crippen LogP contribution >= 0.6 is 0 Å². The van der Waals surface area contributed by atoms with Crippen molar-refractivity contribution in [3.8, 4) is 0 Å². The number of rotatable bonds is 3. The smallest absolute Gasteiger partial charge is 0.240 e. The maximum atomic E-state index is 12.3. The summed E-state index contributed by atoms with van der Waals surface area (Å²) in [7, 11) is -1.50. The lowest BCUT2D eigenvalue weighted by Gasteiger charge is -2.15. The summed E-state index contributed by atoms with van der Waals surface area (Å²) in [6.45, 7) is 5.43. The fourth-order valence-corrected chi connectivity index (χ4v) is 3.71. The lowest BCUT2D eigenvalue weighted by atomic mass is 10.1. The van der Waals surface area contributed by atoms with Crippen molar-refractivity contribution >= 4 is 15.7 Å². The molecule has 1 aromatic carbocycles. The molecule has 0 aromatic heterocycles. The van der Waals surface area contributed by atoms with Crippen LogP contribution in [0.15, 0.2) is 17.0 Å². The van der Waals surface area contributed by atoms with Crippen molar-refractivity contribution in [1.29, 1.82) is 0 Å². The quantitative estimate of drug-likeness (QED) is 0.807. The van der Waals surface area contributed by atoms with Gasteiger partial charge in [-0.25, -0.2) is 13.1 Å². The Balaban J connectivity index is 2.25. The zero-order valence-electron chi connectivity index (χ0n) is 11.6. The third-order valence-corrected chi connectivity index (χ3v) is 5.20. The van der Waals surface area contributed by atoms with Crippen LogP contribution in [0.1, 0.15) is 17.5 Å². The third-order valence-electron chi connectivity index (χ3n) is 3.70. The Morgan fingerprint density at radius 2 is 2.05 bits per heavy atom. The molecule has 1 aliphatic heterocycles. The van der Waals surface area contributed by atoms with Crippen molar-refractivity contribution in [2.75, 3.05) is 25.9 Å². The van der Waals surface area contributed by atoms with Crippen molar-refractivity contribution in [3.05, 3.63) is 23.3 Å². The minimum Gasteiger partial charge on any atom is -0.398 e. The summed E-state index contributed by atoms with van der Waals surface area (Å²) >= 11 is 0. The van der Waals surface area contributed by atoms with Crippen molar-refractivity contribution in [3.63, 3.8) is 0 Å². The van der Waals surface area contributed by atoms with Crippen LogP contribution in [-0.2, 0) is 10.0 Å². The SMILES string of the molecule is Cc1cc(S(=O)(=O)NC2CCN(C)C2)cc(N)c1C. The topological polar surface area (TPSA) is 75.4 Å². The minimum atomic E-state index is -3.49. The maximum absolute atomic E-state index is 12.3. The van der Waals surface area contributed by atoms with E-state index in [4.69, 9.17) is 5.73 Å². The first-order chi connectivity index (χ1) is 8.79. The zero-order valence-corrected chi connectivity index (χ0v) is 12.4. The van der Waals surface area contributed by atoms with Crippen molar-refractivity contribution in [2.24, 2.45) is 0 Å². The van der Waals surface area contributed by atoms with Gasteiger partial charge in [-0.1, -0.05) is 0 Å². The number of nitrogens with one attached hydrogen (secondary N) is 1. The third kappa shape index (κ3) is 3.08. The van der Waals surface area contributed by atoms with Gasteiger partial charge in [0.1, 0.15) is 0 Å². The number of nitrogens with two attached hydrogens (primary N) is 1. The van der Waals surface area contributed by atoms with Crippen molar-refractivity contribution < 1.29 is 8.42 Å². The Kier molecular flexibility index (Phi) is 3.85. The molecule has 2 rings (SSSR count). The van der Waals surface area contributed by atoms with Gasteiger partial charge >= 0.3 is 0 Å². The molecule has 0 bridgehead atoms. The fourth-order valence-electron chi connectivity index (χ4n) is 2.33. The number of sulfonamides is 1. The van der Waals surface area contributed by atoms with E-state index in [0.717, 1.165) is 30.6 Å². The summed E-state index contributed by atoms with van der Waals surface area (Å²) < 4.78 is 27.4. The number of aryl methyl sites for hydroxylation is 1. The summed E-state index contributed by atoms with van der Waals surface area (Å²) in [5.74, 6) is 0. The average molecular weight is 283 g/mol. The van der Waals surface area contributed by atoms with Crippen molar-refractivity contribution in [2.45, 2.75) is 31.2 Å². The molecule has 1 atom stereocenters. The second kappa shape index (κ2) is 5.11. The van der Waals surface area contributed by atoms with E-state index in [0.29, 0.717) is 5.69 Å². The van der Waals surface area contributed by atoms with Crippen LogP contribution in [0, 0.1) is 13.8 Å². The molecule has 1 aromatic rings. The molecule has 106 valence electrons. The van der Waals surface area contributed by atoms with Gasteiger partial charge < -0.3 is 10.6 Å². The highest BCUT2D eigenvalue weighted by atomic mass is 32.2. The van der Waals surface area contributed by atoms with E-state index in [1.165, 1.54) is 6.07 Å². The molecule has 5 nitrogen and oxygen atoms in total. The normalized spacial score (nSPS) is 20.9. The van der Waals surface area contributed by atoms with E-state index in [-0.39, 0.29) is 10.9 Å². The van der Waals surface area contributed by atoms with E-state index in [1.54, 1.807) is 6.07 Å². The highest BCUT2D eigenvalue weighted by Gasteiger charge is 2.25. The largest absolute Gasteiger partial charge is 0.398 e. The van der Waals surface area contributed by atoms with Gasteiger partial charge in [-0.2, -0.15) is 0 Å². The Bertz CT molecular complexity index is 561. The molecule has 0 saturated carbocycles. The summed E-state index contributed by atoms with van der Waals surface area (Å²) in [6, 6.07) is 3.19. The number of hydrogen-bond acceptors (Lipinski definition) is 4. The van der Waals surface area contributed by atoms with Crippen LogP contribution in [0.3, 0.4) is 0 Å². The lowest BCUT2D eigenvalue weighted by molar-refractivity contribution is 0.407. The number of anilines is 1. The molecule has 1 saturated heterocycles. The Labute approximate surface area is 114 Å². The van der Waals surface area contributed by atoms with E-state index >= 15 is 0 Å². The van der Waals surface area contributed by atoms with Gasteiger partial charge in [0.25, 0.3) is 0 Å². The monoisotopic (exact) mass is 283 g/mol. The molecule has 0 spiro atoms. The highest BCUT2D eigenvalue weighted by Crippen LogP contribution is 2.22. The molecular weight excluding hydrogens is 262 g/mol. The van der Waals surface area contributed by atoms with E-state index in [2.05, 4.69) is 9.62 Å². The number of likely N-dealkylation sites (N-methyl/N-ethyl adjacent to an activating group) is 1. The predicted molar refractivity (Wildman–Crippen MR) is 76.6 cm³/mol. The van der Waals surface area contributed by atoms with Crippen LogP contribution in [0.5, 0.6) is 0 Å². The summed E-state index contributed by atoms with van der Waals surface area (Å²) in [6.07, 6.45) is 0.843. The molecule has 1 aliphatic rings. The van der Waals surface area contributed by atoms with Gasteiger partial charge in [0, 0.05) is 18.3 Å². The highest BCUT2D eigenvalue weighted by molar-refractivity contribution is 7.89. The predicted octanol–water partition coefficient (Wildman–Crippen LogP) is 0.868. The molecule has 6 heteroatoms. The number of hydrogen-bond donors (Lipinski definition) is 2. The summed E-state index contributed by atoms with van der Waals surface area (Å²) in [5, 5.41) is 0. The summed E-state index contributed by atoms with van der Waals surface area (Å²) in [5.41, 5.74) is 8.19. The minimum absolute atomic E-state index is 0.0159. The number of benzene rings is 1. The number of nitrogen functional groups attached to an aromatic ring is 1. The molecule has 3 N–H and O–H groups in total. The van der Waals surface area contributed by atoms with Crippen LogP contribution in [-0.4, -0.2) is 39.5 Å². The molecule has 1 heterocycles. The molecule has 1 fully saturated rings. The van der Waals surface area contributed by atoms with Crippen LogP contribution in [0.25, 0.3) is 0 Å². The molecule has 0 amide bonds. The van der Waals surface area contributed by atoms with E-state index < -0.39 is 10.0 Å². The summed E-state index contributed by atoms with van der Waals surface area (Å²) in [4.78, 5) is 2.37. The van der Waals surface area contributed by atoms with Crippen LogP contribution in [0.4, 0.5) is 5.69 Å². The Morgan fingerprint density at radius 3 is 2.58 bits per heavy atom.